The SMILES string of the molecule is O=C(Nc1cccc(F)c1)[C@H]1CCCN(C(=O)c2ccc3cc[nH]c3c2)C1. The average Bonchev–Trinajstić information content (AvgIpc) is 3.15. The highest BCUT2D eigenvalue weighted by Crippen LogP contribution is 2.22. The van der Waals surface area contributed by atoms with Gasteiger partial charge in [0, 0.05) is 36.1 Å². The van der Waals surface area contributed by atoms with Gasteiger partial charge in [0.25, 0.3) is 5.91 Å². The summed E-state index contributed by atoms with van der Waals surface area (Å²) in [6, 6.07) is 13.3. The average molecular weight is 365 g/mol. The largest absolute Gasteiger partial charge is 0.361 e. The molecule has 6 heteroatoms. The van der Waals surface area contributed by atoms with Gasteiger partial charge in [0.05, 0.1) is 5.92 Å². The fourth-order valence-electron chi connectivity index (χ4n) is 3.55. The highest BCUT2D eigenvalue weighted by atomic mass is 19.1. The van der Waals surface area contributed by atoms with E-state index in [-0.39, 0.29) is 17.7 Å². The van der Waals surface area contributed by atoms with Crippen LogP contribution in [0.15, 0.2) is 54.7 Å². The van der Waals surface area contributed by atoms with Gasteiger partial charge in [-0.3, -0.25) is 9.59 Å². The molecule has 5 nitrogen and oxygen atoms in total. The maximum absolute atomic E-state index is 13.3. The Balaban J connectivity index is 1.45. The lowest BCUT2D eigenvalue weighted by Gasteiger charge is -2.32. The van der Waals surface area contributed by atoms with Gasteiger partial charge in [-0.25, -0.2) is 4.39 Å². The molecule has 2 N–H and O–H groups in total. The third-order valence-electron chi connectivity index (χ3n) is 4.97. The van der Waals surface area contributed by atoms with E-state index in [9.17, 15) is 14.0 Å². The van der Waals surface area contributed by atoms with Gasteiger partial charge in [0.2, 0.25) is 5.91 Å². The van der Waals surface area contributed by atoms with Crippen LogP contribution >= 0.6 is 0 Å². The summed E-state index contributed by atoms with van der Waals surface area (Å²) in [5.41, 5.74) is 1.95. The van der Waals surface area contributed by atoms with Crippen molar-refractivity contribution in [1.82, 2.24) is 9.88 Å². The van der Waals surface area contributed by atoms with Gasteiger partial charge < -0.3 is 15.2 Å². The molecule has 1 fully saturated rings. The standard InChI is InChI=1S/C21H20FN3O2/c22-17-4-1-5-18(12-17)24-20(26)16-3-2-10-25(13-16)21(27)15-7-6-14-8-9-23-19(14)11-15/h1,4-9,11-12,16,23H,2-3,10,13H2,(H,24,26)/t16-/m0/s1. The molecule has 1 aromatic heterocycles. The maximum Gasteiger partial charge on any atom is 0.253 e. The number of aromatic amines is 1. The molecule has 4 rings (SSSR count). The number of carbonyl (C=O) groups excluding carboxylic acids is 2. The second kappa shape index (κ2) is 7.23. The minimum absolute atomic E-state index is 0.0743. The smallest absolute Gasteiger partial charge is 0.253 e. The van der Waals surface area contributed by atoms with Crippen molar-refractivity contribution in [2.45, 2.75) is 12.8 Å². The number of hydrogen-bond donors (Lipinski definition) is 2. The number of likely N-dealkylation sites (tertiary alicyclic amines) is 1. The Bertz CT molecular complexity index is 998. The van der Waals surface area contributed by atoms with Crippen molar-refractivity contribution in [3.63, 3.8) is 0 Å². The number of nitrogens with zero attached hydrogens (tertiary/aromatic N) is 1. The van der Waals surface area contributed by atoms with Gasteiger partial charge in [0.15, 0.2) is 0 Å². The first kappa shape index (κ1) is 17.3. The van der Waals surface area contributed by atoms with Crippen LogP contribution in [-0.4, -0.2) is 34.8 Å². The number of nitrogens with one attached hydrogen (secondary N) is 2. The summed E-state index contributed by atoms with van der Waals surface area (Å²) in [4.78, 5) is 30.3. The molecule has 0 bridgehead atoms. The number of H-pyrrole nitrogens is 1. The van der Waals surface area contributed by atoms with E-state index in [1.807, 2.05) is 30.5 Å². The molecule has 3 aromatic rings. The summed E-state index contributed by atoms with van der Waals surface area (Å²) in [6.07, 6.45) is 3.31. The predicted molar refractivity (Wildman–Crippen MR) is 102 cm³/mol. The van der Waals surface area contributed by atoms with Crippen molar-refractivity contribution < 1.29 is 14.0 Å². The summed E-state index contributed by atoms with van der Waals surface area (Å²) in [5, 5.41) is 3.80. The van der Waals surface area contributed by atoms with E-state index in [4.69, 9.17) is 0 Å². The number of halogens is 1. The van der Waals surface area contributed by atoms with Crippen LogP contribution in [0.4, 0.5) is 10.1 Å². The van der Waals surface area contributed by atoms with Crippen LogP contribution in [0.2, 0.25) is 0 Å². The summed E-state index contributed by atoms with van der Waals surface area (Å²) in [6.45, 7) is 0.994. The molecule has 0 saturated carbocycles. The van der Waals surface area contributed by atoms with Crippen LogP contribution in [0.1, 0.15) is 23.2 Å². The third kappa shape index (κ3) is 3.69. The molecule has 0 unspecified atom stereocenters. The van der Waals surface area contributed by atoms with E-state index in [2.05, 4.69) is 10.3 Å². The van der Waals surface area contributed by atoms with E-state index in [0.717, 1.165) is 17.3 Å². The van der Waals surface area contributed by atoms with Gasteiger partial charge >= 0.3 is 0 Å². The summed E-state index contributed by atoms with van der Waals surface area (Å²) >= 11 is 0. The Morgan fingerprint density at radius 1 is 1.15 bits per heavy atom. The minimum Gasteiger partial charge on any atom is -0.361 e. The van der Waals surface area contributed by atoms with Gasteiger partial charge in [-0.05, 0) is 54.6 Å². The summed E-state index contributed by atoms with van der Waals surface area (Å²) in [7, 11) is 0. The molecule has 0 radical (unpaired) electrons. The minimum atomic E-state index is -0.395. The quantitative estimate of drug-likeness (QED) is 0.741. The van der Waals surface area contributed by atoms with Crippen LogP contribution in [-0.2, 0) is 4.79 Å². The summed E-state index contributed by atoms with van der Waals surface area (Å²) < 4.78 is 13.3. The van der Waals surface area contributed by atoms with Crippen LogP contribution < -0.4 is 5.32 Å². The molecule has 0 spiro atoms. The Hall–Kier alpha value is -3.15. The number of piperidine rings is 1. The highest BCUT2D eigenvalue weighted by molar-refractivity contribution is 5.99. The molecule has 1 saturated heterocycles. The molecular formula is C21H20FN3O2. The second-order valence-corrected chi connectivity index (χ2v) is 6.87. The van der Waals surface area contributed by atoms with Crippen molar-refractivity contribution in [3.05, 3.63) is 66.1 Å². The van der Waals surface area contributed by atoms with Crippen LogP contribution in [0.25, 0.3) is 10.9 Å². The number of rotatable bonds is 3. The molecular weight excluding hydrogens is 345 g/mol. The Morgan fingerprint density at radius 3 is 2.89 bits per heavy atom. The van der Waals surface area contributed by atoms with Gasteiger partial charge in [-0.1, -0.05) is 12.1 Å². The van der Waals surface area contributed by atoms with Crippen molar-refractivity contribution >= 4 is 28.4 Å². The van der Waals surface area contributed by atoms with Crippen molar-refractivity contribution in [1.29, 1.82) is 0 Å². The van der Waals surface area contributed by atoms with E-state index in [1.54, 1.807) is 17.0 Å². The fourth-order valence-corrected chi connectivity index (χ4v) is 3.55. The topological polar surface area (TPSA) is 65.2 Å². The molecule has 1 aliphatic rings. The zero-order valence-electron chi connectivity index (χ0n) is 14.7. The second-order valence-electron chi connectivity index (χ2n) is 6.87. The van der Waals surface area contributed by atoms with E-state index in [1.165, 1.54) is 12.1 Å². The molecule has 27 heavy (non-hydrogen) atoms. The highest BCUT2D eigenvalue weighted by Gasteiger charge is 2.29. The van der Waals surface area contributed by atoms with Gasteiger partial charge in [0.1, 0.15) is 5.82 Å². The first-order valence-corrected chi connectivity index (χ1v) is 9.03. The van der Waals surface area contributed by atoms with Crippen molar-refractivity contribution in [2.24, 2.45) is 5.92 Å². The number of hydrogen-bond acceptors (Lipinski definition) is 2. The van der Waals surface area contributed by atoms with Gasteiger partial charge in [-0.15, -0.1) is 0 Å². The zero-order chi connectivity index (χ0) is 18.8. The zero-order valence-corrected chi connectivity index (χ0v) is 14.7. The fraction of sp³-hybridized carbons (Fsp3) is 0.238. The van der Waals surface area contributed by atoms with E-state index < -0.39 is 5.82 Å². The Morgan fingerprint density at radius 2 is 2.04 bits per heavy atom. The Kier molecular flexibility index (Phi) is 4.62. The van der Waals surface area contributed by atoms with Crippen LogP contribution in [0, 0.1) is 11.7 Å². The molecule has 1 aliphatic heterocycles. The number of benzene rings is 2. The molecule has 2 aromatic carbocycles. The molecule has 138 valence electrons. The first-order valence-electron chi connectivity index (χ1n) is 9.03. The lowest BCUT2D eigenvalue weighted by molar-refractivity contribution is -0.121. The molecule has 1 atom stereocenters. The summed E-state index contributed by atoms with van der Waals surface area (Å²) in [5.74, 6) is -0.958. The van der Waals surface area contributed by atoms with Gasteiger partial charge in [-0.2, -0.15) is 0 Å². The number of fused-ring (bicyclic) bond motifs is 1. The predicted octanol–water partition coefficient (Wildman–Crippen LogP) is 3.80. The van der Waals surface area contributed by atoms with Crippen molar-refractivity contribution in [3.8, 4) is 0 Å². The lowest BCUT2D eigenvalue weighted by atomic mass is 9.96. The number of carbonyl (C=O) groups is 2. The Labute approximate surface area is 156 Å². The van der Waals surface area contributed by atoms with E-state index in [0.29, 0.717) is 30.8 Å². The third-order valence-corrected chi connectivity index (χ3v) is 4.97. The first-order chi connectivity index (χ1) is 13.1. The van der Waals surface area contributed by atoms with Crippen LogP contribution in [0.5, 0.6) is 0 Å². The number of aromatic nitrogens is 1. The molecule has 2 amide bonds. The lowest BCUT2D eigenvalue weighted by Crippen LogP contribution is -2.43. The maximum atomic E-state index is 13.3. The van der Waals surface area contributed by atoms with Crippen LogP contribution in [0.3, 0.4) is 0 Å². The normalized spacial score (nSPS) is 17.1. The number of amides is 2. The number of anilines is 1. The van der Waals surface area contributed by atoms with E-state index >= 15 is 0 Å². The van der Waals surface area contributed by atoms with Crippen molar-refractivity contribution in [2.75, 3.05) is 18.4 Å². The monoisotopic (exact) mass is 365 g/mol. The molecule has 0 aliphatic carbocycles. The molecule has 2 heterocycles.